The molecule has 0 radical (unpaired) electrons. The number of benzene rings is 2. The van der Waals surface area contributed by atoms with Crippen molar-refractivity contribution >= 4 is 16.7 Å². The van der Waals surface area contributed by atoms with E-state index in [0.717, 1.165) is 34.4 Å². The molecule has 0 aliphatic carbocycles. The Bertz CT molecular complexity index is 1450. The lowest BCUT2D eigenvalue weighted by Crippen LogP contribution is -2.18. The molecule has 0 saturated heterocycles. The predicted molar refractivity (Wildman–Crippen MR) is 137 cm³/mol. The standard InChI is InChI=1S/C28H27N5O/c29-17-21-4-6-22(7-5-21)18-31-28-25-13-16-32(26(25)12-14-30-28)19-23-8-10-24(11-9-23)20-33-15-2-1-3-27(33)34/h1-16H,17-20,29H2,(H,30,31). The molecule has 0 saturated carbocycles. The molecule has 34 heavy (non-hydrogen) atoms. The van der Waals surface area contributed by atoms with Gasteiger partial charge in [0.25, 0.3) is 5.56 Å². The van der Waals surface area contributed by atoms with Crippen molar-refractivity contribution in [2.45, 2.75) is 26.2 Å². The average Bonchev–Trinajstić information content (AvgIpc) is 3.29. The lowest BCUT2D eigenvalue weighted by atomic mass is 10.1. The lowest BCUT2D eigenvalue weighted by Gasteiger charge is -2.10. The van der Waals surface area contributed by atoms with Crippen molar-refractivity contribution in [2.24, 2.45) is 5.73 Å². The third kappa shape index (κ3) is 4.77. The van der Waals surface area contributed by atoms with Gasteiger partial charge < -0.3 is 20.2 Å². The minimum absolute atomic E-state index is 0.0102. The fraction of sp³-hybridized carbons (Fsp3) is 0.143. The van der Waals surface area contributed by atoms with Gasteiger partial charge in [0.2, 0.25) is 0 Å². The van der Waals surface area contributed by atoms with Gasteiger partial charge in [-0.15, -0.1) is 0 Å². The molecular formula is C28H27N5O. The number of nitrogens with zero attached hydrogens (tertiary/aromatic N) is 3. The van der Waals surface area contributed by atoms with Gasteiger partial charge in [-0.05, 0) is 40.5 Å². The second-order valence-corrected chi connectivity index (χ2v) is 8.39. The van der Waals surface area contributed by atoms with Crippen LogP contribution in [0.1, 0.15) is 22.3 Å². The Labute approximate surface area is 198 Å². The summed E-state index contributed by atoms with van der Waals surface area (Å²) in [6, 6.07) is 26.1. The summed E-state index contributed by atoms with van der Waals surface area (Å²) in [5.41, 5.74) is 11.5. The highest BCUT2D eigenvalue weighted by atomic mass is 16.1. The van der Waals surface area contributed by atoms with Gasteiger partial charge in [-0.1, -0.05) is 54.6 Å². The molecule has 0 unspecified atom stereocenters. The number of nitrogens with one attached hydrogen (secondary N) is 1. The van der Waals surface area contributed by atoms with Gasteiger partial charge in [0, 0.05) is 49.7 Å². The third-order valence-corrected chi connectivity index (χ3v) is 6.04. The van der Waals surface area contributed by atoms with Gasteiger partial charge in [-0.25, -0.2) is 4.98 Å². The summed E-state index contributed by atoms with van der Waals surface area (Å²) >= 11 is 0. The Hall–Kier alpha value is -4.16. The first kappa shape index (κ1) is 21.7. The van der Waals surface area contributed by atoms with Crippen LogP contribution in [0.3, 0.4) is 0 Å². The molecule has 3 aromatic heterocycles. The molecule has 6 heteroatoms. The molecule has 3 N–H and O–H groups in total. The van der Waals surface area contributed by atoms with Gasteiger partial charge in [0.1, 0.15) is 5.82 Å². The monoisotopic (exact) mass is 449 g/mol. The summed E-state index contributed by atoms with van der Waals surface area (Å²) in [4.78, 5) is 16.5. The van der Waals surface area contributed by atoms with E-state index in [1.165, 1.54) is 11.1 Å². The molecule has 2 aromatic carbocycles. The number of rotatable bonds is 8. The highest BCUT2D eigenvalue weighted by Crippen LogP contribution is 2.24. The van der Waals surface area contributed by atoms with Crippen molar-refractivity contribution in [2.75, 3.05) is 5.32 Å². The van der Waals surface area contributed by atoms with E-state index >= 15 is 0 Å². The Morgan fingerprint density at radius 1 is 0.735 bits per heavy atom. The van der Waals surface area contributed by atoms with Gasteiger partial charge in [-0.2, -0.15) is 0 Å². The fourth-order valence-electron chi connectivity index (χ4n) is 4.12. The van der Waals surface area contributed by atoms with Crippen LogP contribution in [-0.2, 0) is 26.2 Å². The summed E-state index contributed by atoms with van der Waals surface area (Å²) in [7, 11) is 0. The van der Waals surface area contributed by atoms with E-state index in [1.54, 1.807) is 16.7 Å². The Kier molecular flexibility index (Phi) is 6.23. The fourth-order valence-corrected chi connectivity index (χ4v) is 4.12. The molecule has 0 amide bonds. The highest BCUT2D eigenvalue weighted by molar-refractivity contribution is 5.90. The van der Waals surface area contributed by atoms with Crippen LogP contribution in [0.4, 0.5) is 5.82 Å². The van der Waals surface area contributed by atoms with Crippen molar-refractivity contribution in [3.8, 4) is 0 Å². The SMILES string of the molecule is NCc1ccc(CNc2nccc3c2ccn3Cc2ccc(Cn3ccccc3=O)cc2)cc1. The first-order chi connectivity index (χ1) is 16.7. The van der Waals surface area contributed by atoms with Crippen LogP contribution in [-0.4, -0.2) is 14.1 Å². The molecule has 0 atom stereocenters. The molecule has 0 aliphatic heterocycles. The third-order valence-electron chi connectivity index (χ3n) is 6.04. The Morgan fingerprint density at radius 2 is 1.41 bits per heavy atom. The van der Waals surface area contributed by atoms with E-state index in [0.29, 0.717) is 19.6 Å². The summed E-state index contributed by atoms with van der Waals surface area (Å²) in [5, 5.41) is 4.57. The summed E-state index contributed by atoms with van der Waals surface area (Å²) in [6.45, 7) is 2.59. The van der Waals surface area contributed by atoms with E-state index in [9.17, 15) is 4.79 Å². The second-order valence-electron chi connectivity index (χ2n) is 8.39. The molecule has 0 aliphatic rings. The molecule has 0 bridgehead atoms. The van der Waals surface area contributed by atoms with Crippen molar-refractivity contribution in [3.05, 3.63) is 130 Å². The zero-order chi connectivity index (χ0) is 23.3. The van der Waals surface area contributed by atoms with Crippen LogP contribution in [0, 0.1) is 0 Å². The number of pyridine rings is 2. The van der Waals surface area contributed by atoms with Crippen molar-refractivity contribution < 1.29 is 0 Å². The first-order valence-electron chi connectivity index (χ1n) is 11.4. The predicted octanol–water partition coefficient (Wildman–Crippen LogP) is 4.37. The molecule has 170 valence electrons. The summed E-state index contributed by atoms with van der Waals surface area (Å²) < 4.78 is 3.94. The number of anilines is 1. The van der Waals surface area contributed by atoms with E-state index in [1.807, 2.05) is 24.5 Å². The van der Waals surface area contributed by atoms with Crippen LogP contribution in [0.25, 0.3) is 10.9 Å². The highest BCUT2D eigenvalue weighted by Gasteiger charge is 2.08. The van der Waals surface area contributed by atoms with Crippen molar-refractivity contribution in [1.29, 1.82) is 0 Å². The van der Waals surface area contributed by atoms with E-state index in [-0.39, 0.29) is 5.56 Å². The van der Waals surface area contributed by atoms with Crippen LogP contribution in [0.5, 0.6) is 0 Å². The second kappa shape index (κ2) is 9.77. The molecule has 0 spiro atoms. The summed E-state index contributed by atoms with van der Waals surface area (Å²) in [6.07, 6.45) is 5.77. The van der Waals surface area contributed by atoms with E-state index in [2.05, 4.69) is 75.7 Å². The smallest absolute Gasteiger partial charge is 0.250 e. The lowest BCUT2D eigenvalue weighted by molar-refractivity contribution is 0.758. The van der Waals surface area contributed by atoms with Crippen LogP contribution in [0.15, 0.2) is 102 Å². The maximum Gasteiger partial charge on any atom is 0.250 e. The largest absolute Gasteiger partial charge is 0.365 e. The normalized spacial score (nSPS) is 11.1. The number of fused-ring (bicyclic) bond motifs is 1. The van der Waals surface area contributed by atoms with E-state index in [4.69, 9.17) is 5.73 Å². The molecule has 3 heterocycles. The number of nitrogens with two attached hydrogens (primary N) is 1. The van der Waals surface area contributed by atoms with Crippen molar-refractivity contribution in [3.63, 3.8) is 0 Å². The van der Waals surface area contributed by atoms with Crippen LogP contribution < -0.4 is 16.6 Å². The molecular weight excluding hydrogens is 422 g/mol. The zero-order valence-corrected chi connectivity index (χ0v) is 18.9. The topological polar surface area (TPSA) is 77.9 Å². The Morgan fingerprint density at radius 3 is 2.12 bits per heavy atom. The van der Waals surface area contributed by atoms with Crippen molar-refractivity contribution in [1.82, 2.24) is 14.1 Å². The average molecular weight is 450 g/mol. The van der Waals surface area contributed by atoms with Crippen LogP contribution in [0.2, 0.25) is 0 Å². The first-order valence-corrected chi connectivity index (χ1v) is 11.4. The number of hydrogen-bond donors (Lipinski definition) is 2. The van der Waals surface area contributed by atoms with Crippen LogP contribution >= 0.6 is 0 Å². The van der Waals surface area contributed by atoms with Gasteiger partial charge >= 0.3 is 0 Å². The quantitative estimate of drug-likeness (QED) is 0.369. The van der Waals surface area contributed by atoms with Gasteiger partial charge in [-0.3, -0.25) is 4.79 Å². The molecule has 5 aromatic rings. The zero-order valence-electron chi connectivity index (χ0n) is 18.9. The minimum Gasteiger partial charge on any atom is -0.365 e. The maximum absolute atomic E-state index is 12.0. The molecule has 0 fully saturated rings. The molecule has 6 nitrogen and oxygen atoms in total. The van der Waals surface area contributed by atoms with E-state index < -0.39 is 0 Å². The maximum atomic E-state index is 12.0. The van der Waals surface area contributed by atoms with Gasteiger partial charge in [0.05, 0.1) is 12.1 Å². The summed E-state index contributed by atoms with van der Waals surface area (Å²) in [5.74, 6) is 0.878. The molecule has 5 rings (SSSR count). The number of hydrogen-bond acceptors (Lipinski definition) is 4. The van der Waals surface area contributed by atoms with Gasteiger partial charge in [0.15, 0.2) is 0 Å². The number of aromatic nitrogens is 3. The minimum atomic E-state index is 0.0102. The Balaban J connectivity index is 1.29.